The number of rotatable bonds is 5. The number of nitrogens with zero attached hydrogens (tertiary/aromatic N) is 2. The number of hydrogen-bond acceptors (Lipinski definition) is 4. The number of halogens is 2. The van der Waals surface area contributed by atoms with Gasteiger partial charge in [-0.3, -0.25) is 14.6 Å². The maximum Gasteiger partial charge on any atom is 0.286 e. The minimum Gasteiger partial charge on any atom is -0.294 e. The van der Waals surface area contributed by atoms with Crippen LogP contribution in [0, 0.1) is 23.5 Å². The molecule has 0 N–H and O–H groups in total. The molecule has 184 valence electrons. The Morgan fingerprint density at radius 2 is 1.51 bits per heavy atom. The van der Waals surface area contributed by atoms with Crippen molar-refractivity contribution in [3.05, 3.63) is 131 Å². The molecule has 1 aromatic heterocycles. The molecule has 1 amide bonds. The molecule has 4 aromatic rings. The molecule has 0 spiro atoms. The molecule has 0 unspecified atom stereocenters. The topological polar surface area (TPSA) is 76.5 Å². The van der Waals surface area contributed by atoms with Crippen LogP contribution in [0.3, 0.4) is 0 Å². The molecule has 0 aliphatic heterocycles. The fourth-order valence-electron chi connectivity index (χ4n) is 3.45. The fourth-order valence-corrected chi connectivity index (χ4v) is 4.64. The zero-order valence-corrected chi connectivity index (χ0v) is 20.5. The monoisotopic (exact) mass is 514 g/mol. The van der Waals surface area contributed by atoms with Gasteiger partial charge < -0.3 is 0 Å². The predicted octanol–water partition coefficient (Wildman–Crippen LogP) is 5.48. The number of carbonyl (C=O) groups is 2. The highest BCUT2D eigenvalue weighted by Crippen LogP contribution is 2.16. The van der Waals surface area contributed by atoms with Gasteiger partial charge in [-0.25, -0.2) is 13.0 Å². The SMILES string of the molecule is C[S@@](=O)(=NC(=O)c1cncc(C#Cc2ccc(CC(=O)c3c(F)cccc3F)cc2)c1)c1ccccc1. The van der Waals surface area contributed by atoms with E-state index in [4.69, 9.17) is 0 Å². The minimum atomic E-state index is -2.92. The summed E-state index contributed by atoms with van der Waals surface area (Å²) in [6, 6.07) is 20.0. The third-order valence-electron chi connectivity index (χ3n) is 5.33. The van der Waals surface area contributed by atoms with E-state index in [1.807, 2.05) is 0 Å². The first-order valence-corrected chi connectivity index (χ1v) is 13.0. The molecule has 3 aromatic carbocycles. The van der Waals surface area contributed by atoms with E-state index in [0.717, 1.165) is 12.1 Å². The van der Waals surface area contributed by atoms with Crippen LogP contribution in [0.4, 0.5) is 8.78 Å². The molecule has 8 heteroatoms. The summed E-state index contributed by atoms with van der Waals surface area (Å²) in [5, 5.41) is 0. The summed E-state index contributed by atoms with van der Waals surface area (Å²) in [5.74, 6) is 2.74. The Balaban J connectivity index is 1.48. The normalized spacial score (nSPS) is 12.1. The molecule has 37 heavy (non-hydrogen) atoms. The summed E-state index contributed by atoms with van der Waals surface area (Å²) in [6.45, 7) is 0. The Kier molecular flexibility index (Phi) is 7.66. The van der Waals surface area contributed by atoms with Gasteiger partial charge in [0, 0.05) is 41.1 Å². The first-order valence-electron chi connectivity index (χ1n) is 11.1. The summed E-state index contributed by atoms with van der Waals surface area (Å²) in [5.41, 5.74) is 1.26. The van der Waals surface area contributed by atoms with E-state index in [2.05, 4.69) is 21.2 Å². The van der Waals surface area contributed by atoms with Gasteiger partial charge in [0.15, 0.2) is 5.78 Å². The third-order valence-corrected chi connectivity index (χ3v) is 7.00. The first-order chi connectivity index (χ1) is 17.7. The molecule has 1 atom stereocenters. The van der Waals surface area contributed by atoms with E-state index in [-0.39, 0.29) is 12.0 Å². The summed E-state index contributed by atoms with van der Waals surface area (Å²) < 4.78 is 44.5. The van der Waals surface area contributed by atoms with Crippen molar-refractivity contribution < 1.29 is 22.6 Å². The van der Waals surface area contributed by atoms with Gasteiger partial charge in [-0.05, 0) is 48.0 Å². The quantitative estimate of drug-likeness (QED) is 0.261. The number of hydrogen-bond donors (Lipinski definition) is 0. The largest absolute Gasteiger partial charge is 0.294 e. The average Bonchev–Trinajstić information content (AvgIpc) is 2.88. The number of aromatic nitrogens is 1. The van der Waals surface area contributed by atoms with Crippen LogP contribution in [0.2, 0.25) is 0 Å². The maximum atomic E-state index is 13.8. The van der Waals surface area contributed by atoms with Crippen LogP contribution in [0.5, 0.6) is 0 Å². The number of pyridine rings is 1. The Hall–Kier alpha value is -4.48. The van der Waals surface area contributed by atoms with E-state index >= 15 is 0 Å². The number of Topliss-reactive ketones (excluding diaryl/α,β-unsaturated/α-hetero) is 1. The van der Waals surface area contributed by atoms with Crippen molar-refractivity contribution in [3.63, 3.8) is 0 Å². The van der Waals surface area contributed by atoms with Crippen LogP contribution < -0.4 is 0 Å². The van der Waals surface area contributed by atoms with E-state index < -0.39 is 38.6 Å². The highest BCUT2D eigenvalue weighted by molar-refractivity contribution is 7.93. The van der Waals surface area contributed by atoms with Gasteiger partial charge in [0.2, 0.25) is 0 Å². The second-order valence-electron chi connectivity index (χ2n) is 8.12. The maximum absolute atomic E-state index is 13.8. The smallest absolute Gasteiger partial charge is 0.286 e. The van der Waals surface area contributed by atoms with E-state index in [9.17, 15) is 22.6 Å². The summed E-state index contributed by atoms with van der Waals surface area (Å²) in [4.78, 5) is 29.4. The Labute approximate surface area is 213 Å². The zero-order chi connectivity index (χ0) is 26.4. The van der Waals surface area contributed by atoms with Crippen molar-refractivity contribution in [2.45, 2.75) is 11.3 Å². The molecule has 0 aliphatic carbocycles. The summed E-state index contributed by atoms with van der Waals surface area (Å²) >= 11 is 0. The van der Waals surface area contributed by atoms with Crippen molar-refractivity contribution in [1.29, 1.82) is 0 Å². The second-order valence-corrected chi connectivity index (χ2v) is 10.4. The molecular formula is C29H20F2N2O3S. The number of ketones is 1. The molecule has 0 saturated carbocycles. The van der Waals surface area contributed by atoms with Gasteiger partial charge in [-0.2, -0.15) is 4.36 Å². The first kappa shape index (κ1) is 25.6. The highest BCUT2D eigenvalue weighted by atomic mass is 32.2. The van der Waals surface area contributed by atoms with Gasteiger partial charge in [-0.1, -0.05) is 48.2 Å². The summed E-state index contributed by atoms with van der Waals surface area (Å²) in [6.07, 6.45) is 4.07. The van der Waals surface area contributed by atoms with E-state index in [0.29, 0.717) is 21.6 Å². The Bertz CT molecular complexity index is 1640. The molecule has 0 radical (unpaired) electrons. The lowest BCUT2D eigenvalue weighted by atomic mass is 10.0. The number of amides is 1. The van der Waals surface area contributed by atoms with E-state index in [1.54, 1.807) is 54.6 Å². The van der Waals surface area contributed by atoms with Crippen molar-refractivity contribution in [2.75, 3.05) is 6.26 Å². The van der Waals surface area contributed by atoms with Crippen LogP contribution in [0.1, 0.15) is 37.4 Å². The number of carbonyl (C=O) groups excluding carboxylic acids is 2. The van der Waals surface area contributed by atoms with Crippen LogP contribution >= 0.6 is 0 Å². The zero-order valence-electron chi connectivity index (χ0n) is 19.7. The predicted molar refractivity (Wildman–Crippen MR) is 137 cm³/mol. The van der Waals surface area contributed by atoms with Crippen LogP contribution in [0.25, 0.3) is 0 Å². The van der Waals surface area contributed by atoms with Crippen molar-refractivity contribution >= 4 is 21.4 Å². The molecular weight excluding hydrogens is 494 g/mol. The second kappa shape index (κ2) is 11.1. The average molecular weight is 515 g/mol. The van der Waals surface area contributed by atoms with Crippen LogP contribution in [-0.4, -0.2) is 27.1 Å². The van der Waals surface area contributed by atoms with Gasteiger partial charge in [-0.15, -0.1) is 0 Å². The molecule has 1 heterocycles. The lowest BCUT2D eigenvalue weighted by Gasteiger charge is -2.04. The Morgan fingerprint density at radius 3 is 2.19 bits per heavy atom. The third kappa shape index (κ3) is 6.40. The van der Waals surface area contributed by atoms with Crippen molar-refractivity contribution in [2.24, 2.45) is 4.36 Å². The lowest BCUT2D eigenvalue weighted by Crippen LogP contribution is -2.09. The molecule has 0 bridgehead atoms. The van der Waals surface area contributed by atoms with E-state index in [1.165, 1.54) is 30.8 Å². The van der Waals surface area contributed by atoms with Gasteiger partial charge >= 0.3 is 0 Å². The molecule has 4 rings (SSSR count). The Morgan fingerprint density at radius 1 is 0.865 bits per heavy atom. The van der Waals surface area contributed by atoms with Gasteiger partial charge in [0.1, 0.15) is 11.6 Å². The molecule has 0 aliphatic rings. The minimum absolute atomic E-state index is 0.159. The standard InChI is InChI=1S/C29H20F2N2O3S/c1-37(36,24-6-3-2-4-7-24)33-29(35)23-16-22(18-32-19-23)15-12-20-10-13-21(14-11-20)17-27(34)28-25(30)8-5-9-26(28)31/h2-11,13-14,16,18-19H,17H2,1H3/t37-/m0/s1. The van der Waals surface area contributed by atoms with Gasteiger partial charge in [0.05, 0.1) is 20.9 Å². The van der Waals surface area contributed by atoms with Crippen LogP contribution in [-0.2, 0) is 16.1 Å². The highest BCUT2D eigenvalue weighted by Gasteiger charge is 2.17. The van der Waals surface area contributed by atoms with Crippen LogP contribution in [0.15, 0.2) is 101 Å². The fraction of sp³-hybridized carbons (Fsp3) is 0.0690. The lowest BCUT2D eigenvalue weighted by molar-refractivity contribution is 0.0981. The molecule has 0 fully saturated rings. The van der Waals surface area contributed by atoms with Crippen molar-refractivity contribution in [1.82, 2.24) is 4.98 Å². The van der Waals surface area contributed by atoms with Crippen molar-refractivity contribution in [3.8, 4) is 11.8 Å². The van der Waals surface area contributed by atoms with Gasteiger partial charge in [0.25, 0.3) is 5.91 Å². The number of benzene rings is 3. The molecule has 5 nitrogen and oxygen atoms in total. The summed E-state index contributed by atoms with van der Waals surface area (Å²) in [7, 11) is -2.92. The molecule has 0 saturated heterocycles.